The van der Waals surface area contributed by atoms with E-state index in [0.717, 1.165) is 24.5 Å². The number of ether oxygens (including phenoxy) is 2. The van der Waals surface area contributed by atoms with Gasteiger partial charge in [-0.15, -0.1) is 0 Å². The number of alkyl halides is 4. The minimum absolute atomic E-state index is 0.0693. The van der Waals surface area contributed by atoms with Crippen molar-refractivity contribution >= 4 is 39.1 Å². The van der Waals surface area contributed by atoms with E-state index in [-0.39, 0.29) is 35.2 Å². The largest absolute Gasteiger partial charge is 0.497 e. The molecule has 0 bridgehead atoms. The van der Waals surface area contributed by atoms with E-state index in [2.05, 4.69) is 15.9 Å². The number of halogens is 5. The van der Waals surface area contributed by atoms with Gasteiger partial charge in [0, 0.05) is 15.9 Å². The van der Waals surface area contributed by atoms with Gasteiger partial charge in [0.15, 0.2) is 0 Å². The van der Waals surface area contributed by atoms with Crippen molar-refractivity contribution in [3.63, 3.8) is 0 Å². The number of nitrogens with zero attached hydrogens (tertiary/aromatic N) is 1. The number of amides is 1. The molecule has 1 saturated carbocycles. The Morgan fingerprint density at radius 3 is 2.53 bits per heavy atom. The van der Waals surface area contributed by atoms with Gasteiger partial charge in [0.25, 0.3) is 5.91 Å². The van der Waals surface area contributed by atoms with E-state index >= 15 is 0 Å². The lowest BCUT2D eigenvalue weighted by Gasteiger charge is -2.35. The van der Waals surface area contributed by atoms with Crippen LogP contribution in [0.4, 0.5) is 18.9 Å². The van der Waals surface area contributed by atoms with Gasteiger partial charge in [-0.2, -0.15) is 13.2 Å². The smallest absolute Gasteiger partial charge is 0.425 e. The molecular formula is C25H24BrClF3NO3. The van der Waals surface area contributed by atoms with Crippen LogP contribution < -0.4 is 9.64 Å². The predicted molar refractivity (Wildman–Crippen MR) is 129 cm³/mol. The minimum Gasteiger partial charge on any atom is -0.497 e. The van der Waals surface area contributed by atoms with Crippen LogP contribution in [-0.4, -0.2) is 30.6 Å². The fourth-order valence-electron chi connectivity index (χ4n) is 4.03. The predicted octanol–water partition coefficient (Wildman–Crippen LogP) is 6.79. The molecule has 0 N–H and O–H groups in total. The summed E-state index contributed by atoms with van der Waals surface area (Å²) >= 11 is 9.45. The molecule has 1 aliphatic carbocycles. The van der Waals surface area contributed by atoms with E-state index in [0.29, 0.717) is 11.1 Å². The van der Waals surface area contributed by atoms with Crippen molar-refractivity contribution < 1.29 is 27.4 Å². The molecule has 2 aromatic rings. The fraction of sp³-hybridized carbons (Fsp3) is 0.400. The van der Waals surface area contributed by atoms with Crippen LogP contribution in [0.15, 0.2) is 54.6 Å². The van der Waals surface area contributed by atoms with Gasteiger partial charge in [-0.25, -0.2) is 0 Å². The molecule has 1 aliphatic heterocycles. The number of methoxy groups -OCH3 is 1. The Hall–Kier alpha value is -2.03. The summed E-state index contributed by atoms with van der Waals surface area (Å²) in [6.45, 7) is 0.0693. The Bertz CT molecular complexity index is 1070. The second-order valence-corrected chi connectivity index (χ2v) is 9.68. The second-order valence-electron chi connectivity index (χ2n) is 8.45. The highest BCUT2D eigenvalue weighted by atomic mass is 79.9. The van der Waals surface area contributed by atoms with Crippen LogP contribution in [0.25, 0.3) is 0 Å². The van der Waals surface area contributed by atoms with E-state index < -0.39 is 23.8 Å². The monoisotopic (exact) mass is 557 g/mol. The number of allylic oxidation sites excluding steroid dienone is 1. The van der Waals surface area contributed by atoms with Crippen molar-refractivity contribution in [1.82, 2.24) is 0 Å². The summed E-state index contributed by atoms with van der Waals surface area (Å²) in [6, 6.07) is 11.2. The van der Waals surface area contributed by atoms with Crippen LogP contribution in [0, 0.1) is 5.92 Å². The lowest BCUT2D eigenvalue weighted by atomic mass is 9.89. The van der Waals surface area contributed by atoms with Crippen molar-refractivity contribution in [2.24, 2.45) is 5.92 Å². The number of anilines is 1. The van der Waals surface area contributed by atoms with Crippen LogP contribution in [0.3, 0.4) is 0 Å². The zero-order chi connectivity index (χ0) is 24.5. The van der Waals surface area contributed by atoms with Crippen molar-refractivity contribution in [3.8, 4) is 5.75 Å². The number of fused-ring (bicyclic) bond motifs is 1. The fourth-order valence-corrected chi connectivity index (χ4v) is 4.62. The summed E-state index contributed by atoms with van der Waals surface area (Å²) in [5.41, 5.74) is -2.13. The van der Waals surface area contributed by atoms with E-state index in [4.69, 9.17) is 21.1 Å². The Morgan fingerprint density at radius 2 is 1.94 bits per heavy atom. The maximum atomic E-state index is 14.9. The second kappa shape index (κ2) is 9.91. The SMILES string of the molecule is COc1ccc(CN2C(=O)C(CCBr)OC(/C=C/C3CC3)(C(F)(F)F)c3cc(Cl)ccc32)cc1. The van der Waals surface area contributed by atoms with Crippen LogP contribution in [0.2, 0.25) is 5.02 Å². The third-order valence-corrected chi connectivity index (χ3v) is 6.73. The van der Waals surface area contributed by atoms with Crippen molar-refractivity contribution in [2.45, 2.75) is 43.7 Å². The molecule has 4 rings (SSSR count). The van der Waals surface area contributed by atoms with Gasteiger partial charge >= 0.3 is 6.18 Å². The third-order valence-electron chi connectivity index (χ3n) is 6.04. The normalized spacial score (nSPS) is 23.2. The molecule has 9 heteroatoms. The van der Waals surface area contributed by atoms with Crippen LogP contribution in [-0.2, 0) is 21.7 Å². The molecule has 182 valence electrons. The quantitative estimate of drug-likeness (QED) is 0.277. The Kier molecular flexibility index (Phi) is 7.31. The number of hydrogen-bond acceptors (Lipinski definition) is 3. The van der Waals surface area contributed by atoms with Gasteiger partial charge in [0.2, 0.25) is 5.60 Å². The van der Waals surface area contributed by atoms with E-state index in [1.807, 2.05) is 0 Å². The van der Waals surface area contributed by atoms with E-state index in [9.17, 15) is 18.0 Å². The molecule has 4 nitrogen and oxygen atoms in total. The molecule has 1 heterocycles. The number of rotatable bonds is 7. The summed E-state index contributed by atoms with van der Waals surface area (Å²) in [6.07, 6.45) is -1.76. The number of carbonyl (C=O) groups is 1. The average Bonchev–Trinajstić information content (AvgIpc) is 3.64. The maximum Gasteiger partial charge on any atom is 0.425 e. The van der Waals surface area contributed by atoms with E-state index in [1.54, 1.807) is 37.5 Å². The highest BCUT2D eigenvalue weighted by Gasteiger charge is 2.60. The Balaban J connectivity index is 1.89. The first-order valence-electron chi connectivity index (χ1n) is 10.9. The standard InChI is InChI=1S/C25H24BrClF3NO3/c1-33-19-7-4-17(5-8-19)15-31-21-9-6-18(27)14-20(21)24(25(28,29)30,12-10-16-2-3-16)34-22(11-13-26)23(31)32/h4-10,12,14,16,22H,2-3,11,13,15H2,1H3/b12-10+. The first-order valence-corrected chi connectivity index (χ1v) is 12.4. The molecule has 1 fully saturated rings. The zero-order valence-corrected chi connectivity index (χ0v) is 20.8. The van der Waals surface area contributed by atoms with Crippen molar-refractivity contribution in [2.75, 3.05) is 17.3 Å². The number of carbonyl (C=O) groups excluding carboxylic acids is 1. The van der Waals surface area contributed by atoms with Gasteiger partial charge in [0.1, 0.15) is 11.9 Å². The third kappa shape index (κ3) is 4.99. The first kappa shape index (κ1) is 25.1. The molecule has 34 heavy (non-hydrogen) atoms. The van der Waals surface area contributed by atoms with Crippen molar-refractivity contribution in [3.05, 3.63) is 70.8 Å². The number of benzene rings is 2. The summed E-state index contributed by atoms with van der Waals surface area (Å²) in [7, 11) is 1.54. The molecule has 0 spiro atoms. The highest BCUT2D eigenvalue weighted by molar-refractivity contribution is 9.09. The zero-order valence-electron chi connectivity index (χ0n) is 18.4. The Labute approximate surface area is 209 Å². The molecule has 0 aromatic heterocycles. The molecule has 2 aromatic carbocycles. The van der Waals surface area contributed by atoms with Crippen molar-refractivity contribution in [1.29, 1.82) is 0 Å². The van der Waals surface area contributed by atoms with Gasteiger partial charge in [-0.05, 0) is 67.2 Å². The summed E-state index contributed by atoms with van der Waals surface area (Å²) in [5, 5.41) is 0.434. The molecule has 0 saturated heterocycles. The van der Waals surface area contributed by atoms with Gasteiger partial charge in [-0.3, -0.25) is 4.79 Å². The lowest BCUT2D eigenvalue weighted by Crippen LogP contribution is -2.47. The lowest BCUT2D eigenvalue weighted by molar-refractivity contribution is -0.272. The molecule has 2 atom stereocenters. The molecule has 0 radical (unpaired) electrons. The molecular weight excluding hydrogens is 535 g/mol. The first-order chi connectivity index (χ1) is 16.2. The summed E-state index contributed by atoms with van der Waals surface area (Å²) in [4.78, 5) is 15.0. The molecule has 2 unspecified atom stereocenters. The van der Waals surface area contributed by atoms with Crippen LogP contribution >= 0.6 is 27.5 Å². The van der Waals surface area contributed by atoms with Crippen LogP contribution in [0.1, 0.15) is 30.4 Å². The minimum atomic E-state index is -4.82. The average molecular weight is 559 g/mol. The van der Waals surface area contributed by atoms with Gasteiger partial charge in [-0.1, -0.05) is 45.7 Å². The molecule has 2 aliphatic rings. The highest BCUT2D eigenvalue weighted by Crippen LogP contribution is 2.51. The van der Waals surface area contributed by atoms with Gasteiger partial charge < -0.3 is 14.4 Å². The van der Waals surface area contributed by atoms with E-state index in [1.165, 1.54) is 23.1 Å². The number of hydrogen-bond donors (Lipinski definition) is 0. The maximum absolute atomic E-state index is 14.9. The van der Waals surface area contributed by atoms with Crippen LogP contribution in [0.5, 0.6) is 5.75 Å². The summed E-state index contributed by atoms with van der Waals surface area (Å²) in [5.74, 6) is 0.180. The topological polar surface area (TPSA) is 38.8 Å². The summed E-state index contributed by atoms with van der Waals surface area (Å²) < 4.78 is 55.5. The Morgan fingerprint density at radius 1 is 1.24 bits per heavy atom. The van der Waals surface area contributed by atoms with Gasteiger partial charge in [0.05, 0.1) is 19.3 Å². The molecule has 1 amide bonds.